The maximum absolute atomic E-state index is 15.9. The Morgan fingerprint density at radius 2 is 1.77 bits per heavy atom. The van der Waals surface area contributed by atoms with Crippen LogP contribution in [0.3, 0.4) is 0 Å². The molecule has 0 saturated carbocycles. The van der Waals surface area contributed by atoms with E-state index in [1.807, 2.05) is 0 Å². The Bertz CT molecular complexity index is 2790. The zero-order valence-electron chi connectivity index (χ0n) is 32.4. The molecule has 21 heteroatoms. The van der Waals surface area contributed by atoms with Crippen molar-refractivity contribution in [3.63, 3.8) is 0 Å². The Labute approximate surface area is 335 Å². The fourth-order valence-corrected chi connectivity index (χ4v) is 7.45. The van der Waals surface area contributed by atoms with Gasteiger partial charge in [-0.05, 0) is 68.7 Å². The number of carbonyl (C=O) groups is 2. The van der Waals surface area contributed by atoms with Gasteiger partial charge in [-0.15, -0.1) is 0 Å². The number of carbonyl (C=O) groups excluding carboxylic acids is 2. The summed E-state index contributed by atoms with van der Waals surface area (Å²) in [6.07, 6.45) is -2.19. The van der Waals surface area contributed by atoms with E-state index in [0.29, 0.717) is 33.0 Å². The van der Waals surface area contributed by atoms with E-state index in [0.717, 1.165) is 44.9 Å². The predicted octanol–water partition coefficient (Wildman–Crippen LogP) is 5.47. The fourth-order valence-electron chi connectivity index (χ4n) is 7.45. The number of rotatable bonds is 10. The smallest absolute Gasteiger partial charge is 0.348 e. The second kappa shape index (κ2) is 15.1. The van der Waals surface area contributed by atoms with Crippen molar-refractivity contribution >= 4 is 22.8 Å². The number of nitrogens with one attached hydrogen (secondary N) is 1. The van der Waals surface area contributed by atoms with Gasteiger partial charge in [0, 0.05) is 56.0 Å². The third-order valence-electron chi connectivity index (χ3n) is 10.2. The molecule has 5 aromatic heterocycles. The van der Waals surface area contributed by atoms with Gasteiger partial charge in [0.2, 0.25) is 5.91 Å². The van der Waals surface area contributed by atoms with E-state index in [9.17, 15) is 46.0 Å². The maximum Gasteiger partial charge on any atom is 0.435 e. The van der Waals surface area contributed by atoms with E-state index in [2.05, 4.69) is 31.7 Å². The molecule has 0 spiro atoms. The van der Waals surface area contributed by atoms with E-state index in [1.54, 1.807) is 20.0 Å². The molecule has 1 aliphatic heterocycles. The second-order valence-corrected chi connectivity index (χ2v) is 15.0. The lowest BCUT2D eigenvalue weighted by Crippen LogP contribution is -2.58. The number of amides is 2. The first kappa shape index (κ1) is 41.3. The highest BCUT2D eigenvalue weighted by molar-refractivity contribution is 6.02. The van der Waals surface area contributed by atoms with Gasteiger partial charge < -0.3 is 14.8 Å². The third-order valence-corrected chi connectivity index (χ3v) is 10.2. The molecule has 14 nitrogen and oxygen atoms in total. The Hall–Kier alpha value is -6.85. The molecule has 1 N–H and O–H groups in total. The molecule has 0 bridgehead atoms. The largest absolute Gasteiger partial charge is 0.435 e. The van der Waals surface area contributed by atoms with Gasteiger partial charge in [0.1, 0.15) is 17.9 Å². The Morgan fingerprint density at radius 1 is 1.03 bits per heavy atom. The molecule has 6 aromatic rings. The number of pyridine rings is 2. The van der Waals surface area contributed by atoms with Crippen LogP contribution in [0.4, 0.5) is 30.7 Å². The maximum atomic E-state index is 15.9. The van der Waals surface area contributed by atoms with Crippen molar-refractivity contribution in [2.45, 2.75) is 64.5 Å². The van der Waals surface area contributed by atoms with Crippen molar-refractivity contribution in [1.29, 1.82) is 5.26 Å². The molecule has 0 fully saturated rings. The quantitative estimate of drug-likeness (QED) is 0.178. The minimum absolute atomic E-state index is 0.0420. The fraction of sp³-hybridized carbons (Fsp3) is 0.333. The number of aromatic nitrogens is 8. The van der Waals surface area contributed by atoms with Gasteiger partial charge >= 0.3 is 12.7 Å². The first-order chi connectivity index (χ1) is 28.2. The number of hydrogen-bond donors (Lipinski definition) is 1. The van der Waals surface area contributed by atoms with Crippen LogP contribution in [0.1, 0.15) is 58.8 Å². The van der Waals surface area contributed by atoms with E-state index in [1.165, 1.54) is 31.6 Å². The number of alkyl halides is 5. The van der Waals surface area contributed by atoms with Crippen LogP contribution >= 0.6 is 0 Å². The van der Waals surface area contributed by atoms with Gasteiger partial charge in [0.05, 0.1) is 46.5 Å². The van der Waals surface area contributed by atoms with Gasteiger partial charge in [0.25, 0.3) is 11.5 Å². The van der Waals surface area contributed by atoms with Gasteiger partial charge in [-0.25, -0.2) is 18.4 Å². The highest BCUT2D eigenvalue weighted by Gasteiger charge is 2.40. The summed E-state index contributed by atoms with van der Waals surface area (Å²) in [5.41, 5.74) is -2.63. The van der Waals surface area contributed by atoms with E-state index >= 15 is 4.39 Å². The van der Waals surface area contributed by atoms with E-state index < -0.39 is 77.5 Å². The lowest BCUT2D eigenvalue weighted by molar-refractivity contribution is -0.141. The summed E-state index contributed by atoms with van der Waals surface area (Å²) in [7, 11) is 2.88. The molecule has 0 aliphatic carbocycles. The molecule has 1 aromatic carbocycles. The van der Waals surface area contributed by atoms with Gasteiger partial charge in [-0.3, -0.25) is 23.7 Å². The third kappa shape index (κ3) is 7.59. The van der Waals surface area contributed by atoms with Crippen molar-refractivity contribution < 1.29 is 40.3 Å². The number of halogens is 7. The average Bonchev–Trinajstić information content (AvgIpc) is 3.89. The molecule has 312 valence electrons. The molecule has 0 radical (unpaired) electrons. The van der Waals surface area contributed by atoms with Crippen LogP contribution in [0.5, 0.6) is 0 Å². The van der Waals surface area contributed by atoms with Gasteiger partial charge in [0.15, 0.2) is 17.2 Å². The zero-order chi connectivity index (χ0) is 43.6. The molecule has 2 amide bonds. The number of fused-ring (bicyclic) bond motifs is 2. The monoisotopic (exact) mass is 837 g/mol. The highest BCUT2D eigenvalue weighted by Crippen LogP contribution is 2.36. The number of hydrogen-bond acceptors (Lipinski definition) is 8. The van der Waals surface area contributed by atoms with Crippen molar-refractivity contribution in [2.75, 3.05) is 6.54 Å². The molecule has 6 heterocycles. The molecule has 60 heavy (non-hydrogen) atoms. The van der Waals surface area contributed by atoms with Crippen LogP contribution in [0.15, 0.2) is 53.7 Å². The zero-order valence-corrected chi connectivity index (χ0v) is 32.4. The lowest BCUT2D eigenvalue weighted by atomic mass is 9.89. The summed E-state index contributed by atoms with van der Waals surface area (Å²) < 4.78 is 103. The van der Waals surface area contributed by atoms with E-state index in [-0.39, 0.29) is 46.6 Å². The van der Waals surface area contributed by atoms with Crippen molar-refractivity contribution in [3.8, 4) is 28.6 Å². The van der Waals surface area contributed by atoms with Crippen molar-refractivity contribution in [3.05, 3.63) is 105 Å². The Balaban J connectivity index is 1.25. The summed E-state index contributed by atoms with van der Waals surface area (Å²) in [4.78, 5) is 46.6. The summed E-state index contributed by atoms with van der Waals surface area (Å²) in [5, 5.41) is 25.1. The van der Waals surface area contributed by atoms with E-state index in [4.69, 9.17) is 0 Å². The lowest BCUT2D eigenvalue weighted by Gasteiger charge is -2.37. The molecular weight excluding hydrogens is 803 g/mol. The SMILES string of the molecule is Cc1nn(C)c2nc(-c3ccc(F)c4c3CCN(C(Cc3cnn(C(F)F)c3)C(=O)NC(C)(C)Cn3nc(C(F)(F)F)cc3-c3cc(F)c(=O)n(C)c3)C4=O)c(C#N)cc12. The van der Waals surface area contributed by atoms with Crippen molar-refractivity contribution in [2.24, 2.45) is 14.1 Å². The van der Waals surface area contributed by atoms with Gasteiger partial charge in [-0.2, -0.15) is 42.5 Å². The van der Waals surface area contributed by atoms with Gasteiger partial charge in [-0.1, -0.05) is 0 Å². The summed E-state index contributed by atoms with van der Waals surface area (Å²) >= 11 is 0. The minimum Gasteiger partial charge on any atom is -0.348 e. The summed E-state index contributed by atoms with van der Waals surface area (Å²) in [6, 6.07) is 6.06. The van der Waals surface area contributed by atoms with Crippen LogP contribution in [-0.2, 0) is 44.5 Å². The van der Waals surface area contributed by atoms with Crippen molar-refractivity contribution in [1.82, 2.24) is 49.1 Å². The normalized spacial score (nSPS) is 13.9. The molecule has 7 rings (SSSR count). The average molecular weight is 838 g/mol. The number of nitrogens with zero attached hydrogens (tertiary/aromatic N) is 10. The Morgan fingerprint density at radius 3 is 2.42 bits per heavy atom. The minimum atomic E-state index is -4.93. The summed E-state index contributed by atoms with van der Waals surface area (Å²) in [6.45, 7) is 0.935. The first-order valence-electron chi connectivity index (χ1n) is 18.2. The first-order valence-corrected chi connectivity index (χ1v) is 18.2. The van der Waals surface area contributed by atoms with Crippen LogP contribution < -0.4 is 10.9 Å². The molecule has 1 aliphatic rings. The highest BCUT2D eigenvalue weighted by atomic mass is 19.4. The Kier molecular flexibility index (Phi) is 10.4. The molecule has 1 unspecified atom stereocenters. The number of aryl methyl sites for hydroxylation is 3. The second-order valence-electron chi connectivity index (χ2n) is 15.0. The summed E-state index contributed by atoms with van der Waals surface area (Å²) in [5.74, 6) is -4.00. The van der Waals surface area contributed by atoms with Crippen LogP contribution in [0.25, 0.3) is 33.5 Å². The standard InChI is InChI=1S/C39H34F7N11O3/c1-19-25-11-21(14-47)32(49-33(25)54(5)51-19)24-6-7-26(40)31-23(24)8-9-55(36(31)60)29(10-20-15-48-56(16-20)37(42)43)34(58)50-38(2,3)18-57-28(13-30(52-57)39(44,45)46)22-12-27(41)35(59)53(4)17-22/h6-7,11-13,15-17,29,37H,8-10,18H2,1-5H3,(H,50,58). The van der Waals surface area contributed by atoms with Crippen LogP contribution in [-0.4, -0.2) is 73.7 Å². The molecule has 1 atom stereocenters. The number of nitriles is 1. The van der Waals surface area contributed by atoms with Crippen LogP contribution in [0.2, 0.25) is 0 Å². The predicted molar refractivity (Wildman–Crippen MR) is 199 cm³/mol. The topological polar surface area (TPSA) is 162 Å². The number of benzene rings is 1. The van der Waals surface area contributed by atoms with Crippen LogP contribution in [0, 0.1) is 29.9 Å². The molecule has 0 saturated heterocycles. The molecular formula is C39H34F7N11O3.